The quantitative estimate of drug-likeness (QED) is 0.649. The standard InChI is InChI=1S/C24H25NO4/c1-28-23-11-20-7-8-25(22(15-27)21(20)12-24(23)29-2)13-16-3-5-19-10-17(14-26)4-6-18(19)9-16/h3-6,9-12,14,22,27H,7-8,13,15H2,1-2H3. The molecule has 1 N–H and O–H groups in total. The summed E-state index contributed by atoms with van der Waals surface area (Å²) < 4.78 is 10.9. The van der Waals surface area contributed by atoms with E-state index >= 15 is 0 Å². The first-order valence-corrected chi connectivity index (χ1v) is 9.74. The highest BCUT2D eigenvalue weighted by Crippen LogP contribution is 2.38. The average Bonchev–Trinajstić information content (AvgIpc) is 2.77. The van der Waals surface area contributed by atoms with E-state index in [0.717, 1.165) is 47.9 Å². The smallest absolute Gasteiger partial charge is 0.161 e. The van der Waals surface area contributed by atoms with Crippen molar-refractivity contribution in [2.24, 2.45) is 0 Å². The average molecular weight is 391 g/mol. The number of ether oxygens (including phenoxy) is 2. The Labute approximate surface area is 170 Å². The Hall–Kier alpha value is -2.89. The first-order chi connectivity index (χ1) is 14.2. The van der Waals surface area contributed by atoms with Crippen LogP contribution in [-0.4, -0.2) is 43.7 Å². The van der Waals surface area contributed by atoms with Crippen molar-refractivity contribution < 1.29 is 19.4 Å². The summed E-state index contributed by atoms with van der Waals surface area (Å²) in [5, 5.41) is 12.3. The van der Waals surface area contributed by atoms with Crippen LogP contribution in [0.25, 0.3) is 10.8 Å². The van der Waals surface area contributed by atoms with Gasteiger partial charge >= 0.3 is 0 Å². The molecule has 3 aromatic rings. The van der Waals surface area contributed by atoms with Crippen LogP contribution in [0.3, 0.4) is 0 Å². The maximum atomic E-state index is 11.0. The van der Waals surface area contributed by atoms with Gasteiger partial charge in [0.1, 0.15) is 6.29 Å². The number of carbonyl (C=O) groups excluding carboxylic acids is 1. The molecule has 0 saturated carbocycles. The molecule has 1 atom stereocenters. The third kappa shape index (κ3) is 3.71. The number of aliphatic hydroxyl groups excluding tert-OH is 1. The molecule has 0 bridgehead atoms. The predicted molar refractivity (Wildman–Crippen MR) is 113 cm³/mol. The molecule has 1 aliphatic rings. The van der Waals surface area contributed by atoms with Gasteiger partial charge < -0.3 is 14.6 Å². The van der Waals surface area contributed by atoms with E-state index in [-0.39, 0.29) is 12.6 Å². The lowest BCUT2D eigenvalue weighted by atomic mass is 9.91. The largest absolute Gasteiger partial charge is 0.493 e. The number of benzene rings is 3. The summed E-state index contributed by atoms with van der Waals surface area (Å²) in [6, 6.07) is 15.9. The van der Waals surface area contributed by atoms with Gasteiger partial charge in [-0.05, 0) is 58.1 Å². The van der Waals surface area contributed by atoms with Crippen molar-refractivity contribution in [3.05, 3.63) is 70.8 Å². The van der Waals surface area contributed by atoms with Crippen molar-refractivity contribution in [3.8, 4) is 11.5 Å². The van der Waals surface area contributed by atoms with Crippen LogP contribution in [0.5, 0.6) is 11.5 Å². The summed E-state index contributed by atoms with van der Waals surface area (Å²) in [6.07, 6.45) is 1.76. The van der Waals surface area contributed by atoms with Crippen molar-refractivity contribution >= 4 is 17.1 Å². The van der Waals surface area contributed by atoms with E-state index in [1.165, 1.54) is 11.1 Å². The zero-order valence-corrected chi connectivity index (χ0v) is 16.7. The van der Waals surface area contributed by atoms with Crippen LogP contribution in [-0.2, 0) is 13.0 Å². The second-order valence-corrected chi connectivity index (χ2v) is 7.38. The number of aliphatic hydroxyl groups is 1. The number of nitrogens with zero attached hydrogens (tertiary/aromatic N) is 1. The number of methoxy groups -OCH3 is 2. The highest BCUT2D eigenvalue weighted by atomic mass is 16.5. The fourth-order valence-electron chi connectivity index (χ4n) is 4.20. The second kappa shape index (κ2) is 8.23. The monoisotopic (exact) mass is 391 g/mol. The van der Waals surface area contributed by atoms with Gasteiger partial charge in [-0.15, -0.1) is 0 Å². The van der Waals surface area contributed by atoms with Gasteiger partial charge in [0.2, 0.25) is 0 Å². The van der Waals surface area contributed by atoms with Gasteiger partial charge in [-0.3, -0.25) is 9.69 Å². The van der Waals surface area contributed by atoms with Gasteiger partial charge in [0.25, 0.3) is 0 Å². The van der Waals surface area contributed by atoms with E-state index in [9.17, 15) is 9.90 Å². The van der Waals surface area contributed by atoms with Crippen LogP contribution in [0.4, 0.5) is 0 Å². The van der Waals surface area contributed by atoms with Gasteiger partial charge in [-0.2, -0.15) is 0 Å². The third-order valence-electron chi connectivity index (χ3n) is 5.74. The molecule has 0 spiro atoms. The number of hydrogen-bond donors (Lipinski definition) is 1. The van der Waals surface area contributed by atoms with Crippen LogP contribution >= 0.6 is 0 Å². The van der Waals surface area contributed by atoms with E-state index in [1.54, 1.807) is 14.2 Å². The SMILES string of the molecule is COc1cc2c(cc1OC)C(CO)N(Cc1ccc3cc(C=O)ccc3c1)CC2. The second-order valence-electron chi connectivity index (χ2n) is 7.38. The Bertz CT molecular complexity index is 1050. The molecule has 0 radical (unpaired) electrons. The summed E-state index contributed by atoms with van der Waals surface area (Å²) in [7, 11) is 3.27. The molecular formula is C24H25NO4. The Morgan fingerprint density at radius 3 is 2.48 bits per heavy atom. The Balaban J connectivity index is 1.62. The predicted octanol–water partition coefficient (Wildman–Crippen LogP) is 3.76. The molecule has 0 amide bonds. The molecule has 1 unspecified atom stereocenters. The highest BCUT2D eigenvalue weighted by Gasteiger charge is 2.28. The molecule has 5 nitrogen and oxygen atoms in total. The molecule has 0 fully saturated rings. The minimum absolute atomic E-state index is 0.0404. The molecule has 0 saturated heterocycles. The summed E-state index contributed by atoms with van der Waals surface area (Å²) in [5.74, 6) is 1.41. The van der Waals surface area contributed by atoms with E-state index < -0.39 is 0 Å². The summed E-state index contributed by atoms with van der Waals surface area (Å²) in [6.45, 7) is 1.64. The van der Waals surface area contributed by atoms with Crippen LogP contribution in [0.15, 0.2) is 48.5 Å². The van der Waals surface area contributed by atoms with E-state index in [4.69, 9.17) is 9.47 Å². The number of fused-ring (bicyclic) bond motifs is 2. The van der Waals surface area contributed by atoms with E-state index in [1.807, 2.05) is 30.3 Å². The van der Waals surface area contributed by atoms with Gasteiger partial charge in [0, 0.05) is 18.7 Å². The fourth-order valence-corrected chi connectivity index (χ4v) is 4.20. The fraction of sp³-hybridized carbons (Fsp3) is 0.292. The Morgan fingerprint density at radius 2 is 1.76 bits per heavy atom. The number of carbonyl (C=O) groups is 1. The topological polar surface area (TPSA) is 59.0 Å². The molecule has 3 aromatic carbocycles. The van der Waals surface area contributed by atoms with E-state index in [0.29, 0.717) is 11.3 Å². The maximum absolute atomic E-state index is 11.0. The molecule has 0 aliphatic carbocycles. The number of rotatable bonds is 6. The van der Waals surface area contributed by atoms with Crippen LogP contribution in [0.1, 0.15) is 33.1 Å². The summed E-state index contributed by atoms with van der Waals surface area (Å²) in [5.41, 5.74) is 4.15. The maximum Gasteiger partial charge on any atom is 0.161 e. The van der Waals surface area contributed by atoms with Crippen LogP contribution in [0.2, 0.25) is 0 Å². The molecule has 1 heterocycles. The molecule has 1 aliphatic heterocycles. The zero-order valence-electron chi connectivity index (χ0n) is 16.7. The summed E-state index contributed by atoms with van der Waals surface area (Å²) in [4.78, 5) is 13.3. The van der Waals surface area contributed by atoms with Gasteiger partial charge in [0.15, 0.2) is 11.5 Å². The van der Waals surface area contributed by atoms with E-state index in [2.05, 4.69) is 23.1 Å². The molecule has 150 valence electrons. The van der Waals surface area contributed by atoms with Crippen molar-refractivity contribution in [1.29, 1.82) is 0 Å². The van der Waals surface area contributed by atoms with Gasteiger partial charge in [-0.1, -0.05) is 24.3 Å². The van der Waals surface area contributed by atoms with Crippen molar-refractivity contribution in [1.82, 2.24) is 4.90 Å². The lowest BCUT2D eigenvalue weighted by Crippen LogP contribution is -2.37. The number of hydrogen-bond acceptors (Lipinski definition) is 5. The molecule has 5 heteroatoms. The van der Waals surface area contributed by atoms with Crippen LogP contribution < -0.4 is 9.47 Å². The first kappa shape index (κ1) is 19.4. The molecule has 0 aromatic heterocycles. The Morgan fingerprint density at radius 1 is 1.03 bits per heavy atom. The summed E-state index contributed by atoms with van der Waals surface area (Å²) >= 11 is 0. The molecular weight excluding hydrogens is 366 g/mol. The Kier molecular flexibility index (Phi) is 5.51. The van der Waals surface area contributed by atoms with Crippen molar-refractivity contribution in [3.63, 3.8) is 0 Å². The number of aldehydes is 1. The van der Waals surface area contributed by atoms with Crippen molar-refractivity contribution in [2.45, 2.75) is 19.0 Å². The third-order valence-corrected chi connectivity index (χ3v) is 5.74. The van der Waals surface area contributed by atoms with Gasteiger partial charge in [-0.25, -0.2) is 0 Å². The normalized spacial score (nSPS) is 16.4. The lowest BCUT2D eigenvalue weighted by Gasteiger charge is -2.37. The van der Waals surface area contributed by atoms with Gasteiger partial charge in [0.05, 0.1) is 26.9 Å². The van der Waals surface area contributed by atoms with Crippen LogP contribution in [0, 0.1) is 0 Å². The first-order valence-electron chi connectivity index (χ1n) is 9.74. The molecule has 4 rings (SSSR count). The lowest BCUT2D eigenvalue weighted by molar-refractivity contribution is 0.108. The minimum atomic E-state index is -0.0910. The molecule has 29 heavy (non-hydrogen) atoms. The van der Waals surface area contributed by atoms with Crippen molar-refractivity contribution in [2.75, 3.05) is 27.4 Å². The minimum Gasteiger partial charge on any atom is -0.493 e. The zero-order chi connectivity index (χ0) is 20.4. The highest BCUT2D eigenvalue weighted by molar-refractivity contribution is 5.89.